The number of aryl methyl sites for hydroxylation is 1. The zero-order valence-corrected chi connectivity index (χ0v) is 14.0. The fourth-order valence-corrected chi connectivity index (χ4v) is 2.68. The molecule has 0 spiro atoms. The lowest BCUT2D eigenvalue weighted by Gasteiger charge is -2.20. The number of halogens is 2. The largest absolute Gasteiger partial charge is 0.494 e. The van der Waals surface area contributed by atoms with Crippen LogP contribution in [-0.4, -0.2) is 13.7 Å². The van der Waals surface area contributed by atoms with Gasteiger partial charge in [0.15, 0.2) is 11.6 Å². The summed E-state index contributed by atoms with van der Waals surface area (Å²) in [4.78, 5) is 0. The van der Waals surface area contributed by atoms with Crippen LogP contribution >= 0.6 is 15.9 Å². The monoisotopic (exact) mass is 351 g/mol. The van der Waals surface area contributed by atoms with Crippen molar-refractivity contribution >= 4 is 15.9 Å². The average Bonchev–Trinajstić information content (AvgIpc) is 2.48. The first-order valence-electron chi connectivity index (χ1n) is 6.89. The molecule has 1 N–H and O–H groups in total. The van der Waals surface area contributed by atoms with Gasteiger partial charge in [0, 0.05) is 4.47 Å². The van der Waals surface area contributed by atoms with Gasteiger partial charge in [-0.1, -0.05) is 41.1 Å². The van der Waals surface area contributed by atoms with Crippen molar-refractivity contribution in [3.63, 3.8) is 0 Å². The minimum Gasteiger partial charge on any atom is -0.494 e. The number of benzene rings is 2. The van der Waals surface area contributed by atoms with Crippen LogP contribution in [0.3, 0.4) is 0 Å². The molecule has 0 radical (unpaired) electrons. The van der Waals surface area contributed by atoms with Gasteiger partial charge in [-0.2, -0.15) is 0 Å². The van der Waals surface area contributed by atoms with E-state index in [-0.39, 0.29) is 17.6 Å². The van der Waals surface area contributed by atoms with Crippen LogP contribution in [0.5, 0.6) is 5.75 Å². The first kappa shape index (κ1) is 16.0. The minimum atomic E-state index is -0.343. The highest BCUT2D eigenvalue weighted by Gasteiger charge is 2.16. The van der Waals surface area contributed by atoms with Gasteiger partial charge in [-0.15, -0.1) is 0 Å². The Morgan fingerprint density at radius 2 is 1.86 bits per heavy atom. The van der Waals surface area contributed by atoms with Crippen LogP contribution < -0.4 is 10.1 Å². The number of ether oxygens (including phenoxy) is 1. The van der Waals surface area contributed by atoms with E-state index in [9.17, 15) is 4.39 Å². The van der Waals surface area contributed by atoms with Gasteiger partial charge < -0.3 is 10.1 Å². The molecule has 0 aliphatic rings. The standard InChI is InChI=1S/C17H19BrFNO/c1-4-20-17(12-6-5-11(2)14(18)9-12)13-7-8-16(21-3)15(19)10-13/h5-10,17,20H,4H2,1-3H3. The van der Waals surface area contributed by atoms with Crippen molar-refractivity contribution in [2.45, 2.75) is 19.9 Å². The predicted octanol–water partition coefficient (Wildman–Crippen LogP) is 4.60. The molecule has 2 rings (SSSR count). The van der Waals surface area contributed by atoms with Crippen LogP contribution in [-0.2, 0) is 0 Å². The molecule has 2 aromatic carbocycles. The Hall–Kier alpha value is -1.39. The van der Waals surface area contributed by atoms with Gasteiger partial charge in [0.1, 0.15) is 0 Å². The van der Waals surface area contributed by atoms with Crippen molar-refractivity contribution in [3.8, 4) is 5.75 Å². The molecule has 0 saturated carbocycles. The zero-order valence-electron chi connectivity index (χ0n) is 12.4. The Kier molecular flexibility index (Phi) is 5.37. The van der Waals surface area contributed by atoms with E-state index in [1.54, 1.807) is 6.07 Å². The van der Waals surface area contributed by atoms with Crippen LogP contribution in [0.4, 0.5) is 4.39 Å². The molecule has 112 valence electrons. The highest BCUT2D eigenvalue weighted by molar-refractivity contribution is 9.10. The van der Waals surface area contributed by atoms with Crippen molar-refractivity contribution in [2.75, 3.05) is 13.7 Å². The van der Waals surface area contributed by atoms with Crippen molar-refractivity contribution in [1.82, 2.24) is 5.32 Å². The van der Waals surface area contributed by atoms with Gasteiger partial charge in [-0.3, -0.25) is 0 Å². The fraction of sp³-hybridized carbons (Fsp3) is 0.294. The molecule has 1 atom stereocenters. The lowest BCUT2D eigenvalue weighted by Crippen LogP contribution is -2.22. The molecule has 0 amide bonds. The third-order valence-electron chi connectivity index (χ3n) is 3.45. The normalized spacial score (nSPS) is 12.2. The van der Waals surface area contributed by atoms with E-state index in [0.29, 0.717) is 0 Å². The van der Waals surface area contributed by atoms with E-state index in [1.807, 2.05) is 19.9 Å². The van der Waals surface area contributed by atoms with Crippen molar-refractivity contribution in [3.05, 3.63) is 63.4 Å². The van der Waals surface area contributed by atoms with E-state index >= 15 is 0 Å². The second kappa shape index (κ2) is 7.05. The predicted molar refractivity (Wildman–Crippen MR) is 87.4 cm³/mol. The summed E-state index contributed by atoms with van der Waals surface area (Å²) >= 11 is 3.55. The van der Waals surface area contributed by atoms with E-state index in [4.69, 9.17) is 4.74 Å². The van der Waals surface area contributed by atoms with Crippen LogP contribution in [0.25, 0.3) is 0 Å². The summed E-state index contributed by atoms with van der Waals surface area (Å²) in [7, 11) is 1.47. The second-order valence-electron chi connectivity index (χ2n) is 4.89. The van der Waals surface area contributed by atoms with Crippen LogP contribution in [0.1, 0.15) is 29.7 Å². The number of methoxy groups -OCH3 is 1. The summed E-state index contributed by atoms with van der Waals surface area (Å²) in [6.07, 6.45) is 0. The molecule has 0 bridgehead atoms. The molecule has 0 aliphatic heterocycles. The fourth-order valence-electron chi connectivity index (χ4n) is 2.28. The van der Waals surface area contributed by atoms with E-state index in [0.717, 1.165) is 22.1 Å². The molecule has 4 heteroatoms. The molecule has 0 heterocycles. The van der Waals surface area contributed by atoms with Gasteiger partial charge in [0.2, 0.25) is 0 Å². The van der Waals surface area contributed by atoms with Crippen molar-refractivity contribution < 1.29 is 9.13 Å². The number of hydrogen-bond acceptors (Lipinski definition) is 2. The third-order valence-corrected chi connectivity index (χ3v) is 4.30. The Labute approximate surface area is 133 Å². The summed E-state index contributed by atoms with van der Waals surface area (Å²) in [6, 6.07) is 11.2. The summed E-state index contributed by atoms with van der Waals surface area (Å²) in [5.74, 6) is -0.0804. The summed E-state index contributed by atoms with van der Waals surface area (Å²) in [5, 5.41) is 3.40. The molecular weight excluding hydrogens is 333 g/mol. The van der Waals surface area contributed by atoms with Crippen molar-refractivity contribution in [2.24, 2.45) is 0 Å². The first-order chi connectivity index (χ1) is 10.1. The van der Waals surface area contributed by atoms with Gasteiger partial charge in [-0.05, 0) is 48.4 Å². The molecular formula is C17H19BrFNO. The smallest absolute Gasteiger partial charge is 0.165 e. The van der Waals surface area contributed by atoms with Gasteiger partial charge in [-0.25, -0.2) is 4.39 Å². The third kappa shape index (κ3) is 3.63. The topological polar surface area (TPSA) is 21.3 Å². The SMILES string of the molecule is CCNC(c1ccc(OC)c(F)c1)c1ccc(C)c(Br)c1. The number of rotatable bonds is 5. The maximum Gasteiger partial charge on any atom is 0.165 e. The van der Waals surface area contributed by atoms with E-state index in [1.165, 1.54) is 18.7 Å². The van der Waals surface area contributed by atoms with E-state index < -0.39 is 0 Å². The minimum absolute atomic E-state index is 0.0488. The quantitative estimate of drug-likeness (QED) is 0.849. The lowest BCUT2D eigenvalue weighted by molar-refractivity contribution is 0.385. The maximum atomic E-state index is 13.9. The summed E-state index contributed by atoms with van der Waals surface area (Å²) in [6.45, 7) is 4.88. The lowest BCUT2D eigenvalue weighted by atomic mass is 9.97. The Balaban J connectivity index is 2.42. The highest BCUT2D eigenvalue weighted by Crippen LogP contribution is 2.29. The van der Waals surface area contributed by atoms with Crippen LogP contribution in [0.2, 0.25) is 0 Å². The maximum absolute atomic E-state index is 13.9. The van der Waals surface area contributed by atoms with Crippen LogP contribution in [0, 0.1) is 12.7 Å². The Bertz CT molecular complexity index is 630. The molecule has 0 saturated heterocycles. The molecule has 0 aliphatic carbocycles. The zero-order chi connectivity index (χ0) is 15.4. The first-order valence-corrected chi connectivity index (χ1v) is 7.69. The Morgan fingerprint density at radius 3 is 2.43 bits per heavy atom. The molecule has 1 unspecified atom stereocenters. The second-order valence-corrected chi connectivity index (χ2v) is 5.75. The van der Waals surface area contributed by atoms with Gasteiger partial charge >= 0.3 is 0 Å². The average molecular weight is 352 g/mol. The van der Waals surface area contributed by atoms with Crippen LogP contribution in [0.15, 0.2) is 40.9 Å². The van der Waals surface area contributed by atoms with Gasteiger partial charge in [0.05, 0.1) is 13.2 Å². The number of nitrogens with one attached hydrogen (secondary N) is 1. The molecule has 21 heavy (non-hydrogen) atoms. The van der Waals surface area contributed by atoms with E-state index in [2.05, 4.69) is 39.4 Å². The Morgan fingerprint density at radius 1 is 1.19 bits per heavy atom. The molecule has 2 nitrogen and oxygen atoms in total. The number of hydrogen-bond donors (Lipinski definition) is 1. The van der Waals surface area contributed by atoms with Crippen molar-refractivity contribution in [1.29, 1.82) is 0 Å². The molecule has 0 fully saturated rings. The molecule has 0 aromatic heterocycles. The molecule has 2 aromatic rings. The summed E-state index contributed by atoms with van der Waals surface area (Å²) < 4.78 is 20.0. The summed E-state index contributed by atoms with van der Waals surface area (Å²) in [5.41, 5.74) is 3.15. The highest BCUT2D eigenvalue weighted by atomic mass is 79.9. The van der Waals surface area contributed by atoms with Gasteiger partial charge in [0.25, 0.3) is 0 Å².